The van der Waals surface area contributed by atoms with Crippen LogP contribution in [0.25, 0.3) is 0 Å². The molecule has 0 aromatic heterocycles. The zero-order valence-electron chi connectivity index (χ0n) is 14.3. The maximum absolute atomic E-state index is 12.8. The third-order valence-electron chi connectivity index (χ3n) is 4.66. The van der Waals surface area contributed by atoms with E-state index in [9.17, 15) is 9.59 Å². The van der Waals surface area contributed by atoms with Crippen LogP contribution >= 0.6 is 0 Å². The smallest absolute Gasteiger partial charge is 0.339 e. The lowest BCUT2D eigenvalue weighted by molar-refractivity contribution is -0.915. The van der Waals surface area contributed by atoms with E-state index in [0.29, 0.717) is 15.7 Å². The highest BCUT2D eigenvalue weighted by atomic mass is 16.5. The fourth-order valence-corrected chi connectivity index (χ4v) is 3.35. The van der Waals surface area contributed by atoms with Gasteiger partial charge in [-0.15, -0.1) is 0 Å². The molecule has 23 heavy (non-hydrogen) atoms. The highest BCUT2D eigenvalue weighted by molar-refractivity contribution is 6.03. The van der Waals surface area contributed by atoms with Crippen LogP contribution < -0.4 is 10.6 Å². The molecule has 1 fully saturated rings. The van der Waals surface area contributed by atoms with Crippen molar-refractivity contribution in [1.29, 1.82) is 0 Å². The van der Waals surface area contributed by atoms with E-state index in [1.54, 1.807) is 19.2 Å². The number of amides is 1. The molecule has 2 N–H and O–H groups in total. The van der Waals surface area contributed by atoms with E-state index in [2.05, 4.69) is 17.7 Å². The minimum absolute atomic E-state index is 0.128. The van der Waals surface area contributed by atoms with Gasteiger partial charge in [0.25, 0.3) is 5.91 Å². The maximum Gasteiger partial charge on any atom is 0.339 e. The third-order valence-corrected chi connectivity index (χ3v) is 4.66. The molecule has 1 aliphatic rings. The third kappa shape index (κ3) is 3.54. The number of nitrogens with zero attached hydrogens (tertiary/aromatic N) is 1. The summed E-state index contributed by atoms with van der Waals surface area (Å²) in [6, 6.07) is 5.30. The second-order valence-electron chi connectivity index (χ2n) is 6.30. The molecule has 6 nitrogen and oxygen atoms in total. The van der Waals surface area contributed by atoms with E-state index < -0.39 is 5.97 Å². The Hall–Kier alpha value is -1.92. The molecule has 1 atom stereocenters. The van der Waals surface area contributed by atoms with Gasteiger partial charge in [0.1, 0.15) is 0 Å². The molecule has 1 unspecified atom stereocenters. The first-order valence-corrected chi connectivity index (χ1v) is 7.93. The van der Waals surface area contributed by atoms with Crippen LogP contribution in [-0.2, 0) is 9.53 Å². The predicted octanol–water partition coefficient (Wildman–Crippen LogP) is 1.51. The fraction of sp³-hybridized carbons (Fsp3) is 0.529. The van der Waals surface area contributed by atoms with Crippen LogP contribution in [0.2, 0.25) is 0 Å². The van der Waals surface area contributed by atoms with E-state index in [1.807, 2.05) is 13.0 Å². The molecule has 126 valence electrons. The lowest BCUT2D eigenvalue weighted by Gasteiger charge is -2.36. The van der Waals surface area contributed by atoms with Crippen LogP contribution in [0.15, 0.2) is 18.2 Å². The molecule has 6 heteroatoms. The number of ether oxygens (including phenoxy) is 1. The van der Waals surface area contributed by atoms with Crippen molar-refractivity contribution in [3.05, 3.63) is 29.3 Å². The Morgan fingerprint density at radius 1 is 1.26 bits per heavy atom. The zero-order valence-corrected chi connectivity index (χ0v) is 14.3. The topological polar surface area (TPSA) is 67.4 Å². The standard InChI is InChI=1S/C17H25N3O3/c1-12-8-7-9-13(17(22)23-4)14(12)19-16(21)15(18-2)20(3)10-5-6-11-20/h7-9,15,18H,5-6,10-11H2,1-4H3/p+1. The number of carbonyl (C=O) groups excluding carboxylic acids is 2. The predicted molar refractivity (Wildman–Crippen MR) is 89.1 cm³/mol. The Kier molecular flexibility index (Phi) is 5.38. The van der Waals surface area contributed by atoms with Gasteiger partial charge in [0, 0.05) is 12.8 Å². The summed E-state index contributed by atoms with van der Waals surface area (Å²) in [6.45, 7) is 3.80. The Labute approximate surface area is 137 Å². The molecule has 1 amide bonds. The first-order chi connectivity index (χ1) is 10.9. The summed E-state index contributed by atoms with van der Waals surface area (Å²) in [5.41, 5.74) is 1.73. The van der Waals surface area contributed by atoms with Crippen molar-refractivity contribution in [3.8, 4) is 0 Å². The van der Waals surface area contributed by atoms with Crippen molar-refractivity contribution in [1.82, 2.24) is 5.32 Å². The van der Waals surface area contributed by atoms with Crippen molar-refractivity contribution < 1.29 is 18.8 Å². The summed E-state index contributed by atoms with van der Waals surface area (Å²) in [5.74, 6) is -0.581. The molecule has 1 aliphatic heterocycles. The summed E-state index contributed by atoms with van der Waals surface area (Å²) in [4.78, 5) is 24.7. The first-order valence-electron chi connectivity index (χ1n) is 7.93. The number of quaternary nitrogens is 1. The highest BCUT2D eigenvalue weighted by Gasteiger charge is 2.40. The quantitative estimate of drug-likeness (QED) is 0.637. The molecule has 0 saturated carbocycles. The van der Waals surface area contributed by atoms with Gasteiger partial charge in [-0.2, -0.15) is 0 Å². The minimum Gasteiger partial charge on any atom is -0.465 e. The molecule has 2 rings (SSSR count). The van der Waals surface area contributed by atoms with Gasteiger partial charge in [0.2, 0.25) is 6.17 Å². The SMILES string of the molecule is CNC(C(=O)Nc1c(C)cccc1C(=O)OC)[N+]1(C)CCCC1. The van der Waals surface area contributed by atoms with Gasteiger partial charge >= 0.3 is 5.97 Å². The number of likely N-dealkylation sites (tertiary alicyclic amines) is 1. The number of likely N-dealkylation sites (N-methyl/N-ethyl adjacent to an activating group) is 2. The molecule has 0 radical (unpaired) electrons. The van der Waals surface area contributed by atoms with Gasteiger partial charge in [-0.1, -0.05) is 12.1 Å². The molecule has 1 aromatic carbocycles. The molecule has 1 saturated heterocycles. The number of hydrogen-bond donors (Lipinski definition) is 2. The van der Waals surface area contributed by atoms with Crippen LogP contribution in [0.3, 0.4) is 0 Å². The van der Waals surface area contributed by atoms with Gasteiger partial charge in [0.15, 0.2) is 0 Å². The Bertz CT molecular complexity index is 595. The van der Waals surface area contributed by atoms with Crippen molar-refractivity contribution >= 4 is 17.6 Å². The van der Waals surface area contributed by atoms with Crippen LogP contribution in [-0.4, -0.2) is 56.8 Å². The number of hydrogen-bond acceptors (Lipinski definition) is 4. The number of methoxy groups -OCH3 is 1. The van der Waals surface area contributed by atoms with Crippen LogP contribution in [0.4, 0.5) is 5.69 Å². The average Bonchev–Trinajstić information content (AvgIpc) is 2.96. The molecular weight excluding hydrogens is 294 g/mol. The van der Waals surface area contributed by atoms with Crippen molar-refractivity contribution in [2.24, 2.45) is 0 Å². The summed E-state index contributed by atoms with van der Waals surface area (Å²) >= 11 is 0. The fourth-order valence-electron chi connectivity index (χ4n) is 3.35. The van der Waals surface area contributed by atoms with Crippen LogP contribution in [0.1, 0.15) is 28.8 Å². The zero-order chi connectivity index (χ0) is 17.0. The van der Waals surface area contributed by atoms with Crippen molar-refractivity contribution in [3.63, 3.8) is 0 Å². The summed E-state index contributed by atoms with van der Waals surface area (Å²) in [6.07, 6.45) is 1.90. The van der Waals surface area contributed by atoms with Gasteiger partial charge in [-0.05, 0) is 25.6 Å². The second-order valence-corrected chi connectivity index (χ2v) is 6.30. The van der Waals surface area contributed by atoms with Crippen LogP contribution in [0, 0.1) is 6.92 Å². The monoisotopic (exact) mass is 320 g/mol. The maximum atomic E-state index is 12.8. The lowest BCUT2D eigenvalue weighted by Crippen LogP contribution is -2.61. The normalized spacial score (nSPS) is 17.6. The van der Waals surface area contributed by atoms with E-state index in [-0.39, 0.29) is 12.1 Å². The number of nitrogens with one attached hydrogen (secondary N) is 2. The lowest BCUT2D eigenvalue weighted by atomic mass is 10.1. The molecule has 1 aromatic rings. The van der Waals surface area contributed by atoms with Gasteiger partial charge in [-0.3, -0.25) is 10.1 Å². The Morgan fingerprint density at radius 3 is 2.48 bits per heavy atom. The number of esters is 1. The summed E-state index contributed by atoms with van der Waals surface area (Å²) < 4.78 is 5.48. The van der Waals surface area contributed by atoms with Crippen LogP contribution in [0.5, 0.6) is 0 Å². The average molecular weight is 320 g/mol. The molecule has 0 spiro atoms. The molecule has 0 bridgehead atoms. The minimum atomic E-state index is -0.452. The number of anilines is 1. The van der Waals surface area contributed by atoms with Gasteiger partial charge in [0.05, 0.1) is 38.5 Å². The van der Waals surface area contributed by atoms with E-state index in [0.717, 1.165) is 31.5 Å². The number of benzene rings is 1. The first kappa shape index (κ1) is 17.4. The number of carbonyl (C=O) groups is 2. The van der Waals surface area contributed by atoms with E-state index >= 15 is 0 Å². The highest BCUT2D eigenvalue weighted by Crippen LogP contribution is 2.24. The molecular formula is C17H26N3O3+. The van der Waals surface area contributed by atoms with Crippen molar-refractivity contribution in [2.45, 2.75) is 25.9 Å². The largest absolute Gasteiger partial charge is 0.465 e. The summed E-state index contributed by atoms with van der Waals surface area (Å²) in [5, 5.41) is 6.06. The van der Waals surface area contributed by atoms with Gasteiger partial charge < -0.3 is 14.5 Å². The number of rotatable bonds is 5. The Morgan fingerprint density at radius 2 is 1.91 bits per heavy atom. The molecule has 1 heterocycles. The Balaban J connectivity index is 2.27. The second kappa shape index (κ2) is 7.10. The van der Waals surface area contributed by atoms with Crippen molar-refractivity contribution in [2.75, 3.05) is 39.6 Å². The number of aryl methyl sites for hydroxylation is 1. The van der Waals surface area contributed by atoms with E-state index in [1.165, 1.54) is 7.11 Å². The van der Waals surface area contributed by atoms with Gasteiger partial charge in [-0.25, -0.2) is 4.79 Å². The molecule has 0 aliphatic carbocycles. The number of para-hydroxylation sites is 1. The van der Waals surface area contributed by atoms with E-state index in [4.69, 9.17) is 4.74 Å². The summed E-state index contributed by atoms with van der Waals surface area (Å²) in [7, 11) is 5.22.